The van der Waals surface area contributed by atoms with E-state index in [4.69, 9.17) is 10.8 Å². The molecule has 0 radical (unpaired) electrons. The summed E-state index contributed by atoms with van der Waals surface area (Å²) in [7, 11) is 0. The Balaban J connectivity index is 2.63. The second-order valence-electron chi connectivity index (χ2n) is 4.40. The van der Waals surface area contributed by atoms with Crippen LogP contribution in [0.25, 0.3) is 0 Å². The van der Waals surface area contributed by atoms with Crippen molar-refractivity contribution in [3.63, 3.8) is 0 Å². The van der Waals surface area contributed by atoms with E-state index in [2.05, 4.69) is 10.6 Å². The van der Waals surface area contributed by atoms with E-state index >= 15 is 0 Å². The molecule has 1 fully saturated rings. The molecule has 0 aliphatic carbocycles. The molecule has 0 spiro atoms. The molecule has 0 bridgehead atoms. The van der Waals surface area contributed by atoms with Crippen molar-refractivity contribution in [1.29, 1.82) is 0 Å². The Bertz CT molecular complexity index is 336. The molecule has 1 saturated heterocycles. The second kappa shape index (κ2) is 5.13. The summed E-state index contributed by atoms with van der Waals surface area (Å²) in [5.41, 5.74) is 4.17. The Hall–Kier alpha value is -1.63. The van der Waals surface area contributed by atoms with Crippen LogP contribution >= 0.6 is 0 Å². The molecule has 0 aromatic rings. The topological polar surface area (TPSA) is 122 Å². The van der Waals surface area contributed by atoms with Gasteiger partial charge >= 0.3 is 5.97 Å². The highest BCUT2D eigenvalue weighted by molar-refractivity contribution is 5.92. The van der Waals surface area contributed by atoms with Crippen molar-refractivity contribution in [2.45, 2.75) is 37.8 Å². The maximum atomic E-state index is 11.9. The molecule has 2 atom stereocenters. The lowest BCUT2D eigenvalue weighted by Gasteiger charge is -2.25. The third kappa shape index (κ3) is 3.42. The van der Waals surface area contributed by atoms with Gasteiger partial charge in [0.15, 0.2) is 0 Å². The monoisotopic (exact) mass is 243 g/mol. The van der Waals surface area contributed by atoms with Gasteiger partial charge in [0, 0.05) is 0 Å². The van der Waals surface area contributed by atoms with Crippen molar-refractivity contribution >= 4 is 17.8 Å². The molecule has 17 heavy (non-hydrogen) atoms. The van der Waals surface area contributed by atoms with Gasteiger partial charge in [0.1, 0.15) is 6.04 Å². The van der Waals surface area contributed by atoms with Gasteiger partial charge in [-0.3, -0.25) is 9.59 Å². The lowest BCUT2D eigenvalue weighted by atomic mass is 9.98. The number of rotatable bonds is 5. The fraction of sp³-hybridized carbons (Fsp3) is 0.700. The van der Waals surface area contributed by atoms with E-state index < -0.39 is 35.8 Å². The molecule has 5 N–H and O–H groups in total. The van der Waals surface area contributed by atoms with E-state index in [-0.39, 0.29) is 0 Å². The number of carbonyl (C=O) groups is 3. The zero-order valence-electron chi connectivity index (χ0n) is 9.66. The first kappa shape index (κ1) is 13.4. The molecule has 1 heterocycles. The number of hydrogen-bond acceptors (Lipinski definition) is 4. The van der Waals surface area contributed by atoms with Crippen LogP contribution in [0.4, 0.5) is 0 Å². The molecule has 7 heteroatoms. The number of carboxylic acid groups (broad SMARTS) is 1. The lowest BCUT2D eigenvalue weighted by Crippen LogP contribution is -2.55. The first-order valence-electron chi connectivity index (χ1n) is 5.42. The smallest absolute Gasteiger partial charge is 0.326 e. The van der Waals surface area contributed by atoms with Gasteiger partial charge in [-0.25, -0.2) is 4.79 Å². The summed E-state index contributed by atoms with van der Waals surface area (Å²) in [4.78, 5) is 33.4. The number of carboxylic acids is 1. The molecule has 1 aliphatic heterocycles. The summed E-state index contributed by atoms with van der Waals surface area (Å²) in [6.45, 7) is 2.43. The average molecular weight is 243 g/mol. The number of aliphatic carboxylic acids is 1. The molecule has 2 amide bonds. The molecule has 1 rings (SSSR count). The highest BCUT2D eigenvalue weighted by atomic mass is 16.4. The maximum Gasteiger partial charge on any atom is 0.326 e. The Morgan fingerprint density at radius 2 is 2.18 bits per heavy atom. The van der Waals surface area contributed by atoms with E-state index in [9.17, 15) is 14.4 Å². The van der Waals surface area contributed by atoms with Crippen LogP contribution in [-0.4, -0.2) is 41.0 Å². The van der Waals surface area contributed by atoms with E-state index in [1.807, 2.05) is 0 Å². The number of nitrogens with one attached hydrogen (secondary N) is 2. The normalized spacial score (nSPS) is 25.2. The zero-order valence-corrected chi connectivity index (χ0v) is 9.66. The van der Waals surface area contributed by atoms with Crippen LogP contribution in [0.2, 0.25) is 0 Å². The summed E-state index contributed by atoms with van der Waals surface area (Å²) >= 11 is 0. The molecule has 7 nitrogen and oxygen atoms in total. The molecule has 2 unspecified atom stereocenters. The zero-order chi connectivity index (χ0) is 13.1. The van der Waals surface area contributed by atoms with Crippen LogP contribution in [0, 0.1) is 0 Å². The van der Waals surface area contributed by atoms with Gasteiger partial charge in [-0.05, 0) is 26.3 Å². The minimum Gasteiger partial charge on any atom is -0.480 e. The first-order valence-corrected chi connectivity index (χ1v) is 5.42. The summed E-state index contributed by atoms with van der Waals surface area (Å²) in [6.07, 6.45) is 1.09. The largest absolute Gasteiger partial charge is 0.480 e. The number of nitrogens with two attached hydrogens (primary N) is 1. The summed E-state index contributed by atoms with van der Waals surface area (Å²) in [5, 5.41) is 14.2. The molecular formula is C10H17N3O4. The highest BCUT2D eigenvalue weighted by Crippen LogP contribution is 2.18. The van der Waals surface area contributed by atoms with Crippen LogP contribution in [0.15, 0.2) is 0 Å². The average Bonchev–Trinajstić information content (AvgIpc) is 2.64. The van der Waals surface area contributed by atoms with Crippen molar-refractivity contribution in [2.75, 3.05) is 6.54 Å². The van der Waals surface area contributed by atoms with Crippen molar-refractivity contribution in [3.8, 4) is 0 Å². The maximum absolute atomic E-state index is 11.9. The molecule has 96 valence electrons. The quantitative estimate of drug-likeness (QED) is 0.472. The van der Waals surface area contributed by atoms with Crippen LogP contribution in [0.5, 0.6) is 0 Å². The number of amides is 2. The van der Waals surface area contributed by atoms with Gasteiger partial charge < -0.3 is 21.5 Å². The Morgan fingerprint density at radius 3 is 2.59 bits per heavy atom. The van der Waals surface area contributed by atoms with E-state index in [0.29, 0.717) is 6.42 Å². The summed E-state index contributed by atoms with van der Waals surface area (Å²) in [5.74, 6) is -2.44. The van der Waals surface area contributed by atoms with E-state index in [1.54, 1.807) is 6.92 Å². The van der Waals surface area contributed by atoms with Crippen LogP contribution in [0.3, 0.4) is 0 Å². The third-order valence-electron chi connectivity index (χ3n) is 2.88. The number of carbonyl (C=O) groups excluding carboxylic acids is 2. The second-order valence-corrected chi connectivity index (χ2v) is 4.40. The van der Waals surface area contributed by atoms with Gasteiger partial charge in [-0.15, -0.1) is 0 Å². The van der Waals surface area contributed by atoms with Crippen molar-refractivity contribution < 1.29 is 19.5 Å². The van der Waals surface area contributed by atoms with E-state index in [1.165, 1.54) is 0 Å². The predicted molar refractivity (Wildman–Crippen MR) is 59.0 cm³/mol. The lowest BCUT2D eigenvalue weighted by molar-refractivity contribution is -0.144. The number of hydrogen-bond donors (Lipinski definition) is 4. The molecule has 0 saturated carbocycles. The molecule has 0 aromatic carbocycles. The highest BCUT2D eigenvalue weighted by Gasteiger charge is 2.38. The summed E-state index contributed by atoms with van der Waals surface area (Å²) in [6, 6.07) is -1.26. The standard InChI is InChI=1S/C10H17N3O4/c1-10(3-2-4-12-10)9(17)13-6(8(15)16)5-7(11)14/h6,12H,2-5H2,1H3,(H2,11,14)(H,13,17)(H,15,16). The van der Waals surface area contributed by atoms with Crippen LogP contribution in [0.1, 0.15) is 26.2 Å². The fourth-order valence-corrected chi connectivity index (χ4v) is 1.81. The van der Waals surface area contributed by atoms with Crippen LogP contribution in [-0.2, 0) is 14.4 Å². The Labute approximate surface area is 98.7 Å². The van der Waals surface area contributed by atoms with Crippen molar-refractivity contribution in [3.05, 3.63) is 0 Å². The van der Waals surface area contributed by atoms with Gasteiger partial charge in [0.05, 0.1) is 12.0 Å². The minimum atomic E-state index is -1.27. The predicted octanol–water partition coefficient (Wildman–Crippen LogP) is -1.43. The van der Waals surface area contributed by atoms with Crippen molar-refractivity contribution in [2.24, 2.45) is 5.73 Å². The third-order valence-corrected chi connectivity index (χ3v) is 2.88. The first-order chi connectivity index (χ1) is 7.85. The van der Waals surface area contributed by atoms with Gasteiger partial charge in [-0.2, -0.15) is 0 Å². The van der Waals surface area contributed by atoms with Gasteiger partial charge in [-0.1, -0.05) is 0 Å². The van der Waals surface area contributed by atoms with Gasteiger partial charge in [0.2, 0.25) is 11.8 Å². The molecule has 1 aliphatic rings. The van der Waals surface area contributed by atoms with Crippen LogP contribution < -0.4 is 16.4 Å². The number of primary amides is 1. The minimum absolute atomic E-state index is 0.406. The fourth-order valence-electron chi connectivity index (χ4n) is 1.81. The van der Waals surface area contributed by atoms with E-state index in [0.717, 1.165) is 13.0 Å². The van der Waals surface area contributed by atoms with Crippen molar-refractivity contribution in [1.82, 2.24) is 10.6 Å². The van der Waals surface area contributed by atoms with Gasteiger partial charge in [0.25, 0.3) is 0 Å². The Kier molecular flexibility index (Phi) is 4.06. The summed E-state index contributed by atoms with van der Waals surface area (Å²) < 4.78 is 0. The Morgan fingerprint density at radius 1 is 1.53 bits per heavy atom. The SMILES string of the molecule is CC1(C(=O)NC(CC(N)=O)C(=O)O)CCCN1. The molecule has 0 aromatic heterocycles. The molecular weight excluding hydrogens is 226 g/mol.